The monoisotopic (exact) mass is 278 g/mol. The standard InChI is InChI=1S/C14H15FN2O3/c15-11-4-1-5-12(17-13(18)6-7-16)14(11)20-9-10-3-2-8-19-10/h1,4-5,10H,2-3,6,8-9H2,(H,17,18). The number of anilines is 1. The highest BCUT2D eigenvalue weighted by atomic mass is 19.1. The predicted molar refractivity (Wildman–Crippen MR) is 69.7 cm³/mol. The fourth-order valence-corrected chi connectivity index (χ4v) is 1.97. The first kappa shape index (κ1) is 14.3. The summed E-state index contributed by atoms with van der Waals surface area (Å²) in [7, 11) is 0. The average Bonchev–Trinajstić information content (AvgIpc) is 2.91. The van der Waals surface area contributed by atoms with Gasteiger partial charge in [0, 0.05) is 6.61 Å². The second-order valence-electron chi connectivity index (χ2n) is 4.45. The number of para-hydroxylation sites is 1. The summed E-state index contributed by atoms with van der Waals surface area (Å²) in [5.41, 5.74) is 0.225. The van der Waals surface area contributed by atoms with Crippen LogP contribution in [0.1, 0.15) is 19.3 Å². The van der Waals surface area contributed by atoms with Gasteiger partial charge in [-0.15, -0.1) is 0 Å². The van der Waals surface area contributed by atoms with E-state index in [1.807, 2.05) is 0 Å². The van der Waals surface area contributed by atoms with Crippen LogP contribution in [0.3, 0.4) is 0 Å². The molecule has 1 aromatic rings. The minimum atomic E-state index is -0.558. The SMILES string of the molecule is N#CCC(=O)Nc1cccc(F)c1OCC1CCCO1. The van der Waals surface area contributed by atoms with Crippen LogP contribution in [0.4, 0.5) is 10.1 Å². The highest BCUT2D eigenvalue weighted by Gasteiger charge is 2.19. The first-order chi connectivity index (χ1) is 9.70. The van der Waals surface area contributed by atoms with Crippen LogP contribution in [0, 0.1) is 17.1 Å². The number of nitrogens with zero attached hydrogens (tertiary/aromatic N) is 1. The molecule has 1 N–H and O–H groups in total. The van der Waals surface area contributed by atoms with Crippen molar-refractivity contribution in [2.24, 2.45) is 0 Å². The molecule has 6 heteroatoms. The number of hydrogen-bond acceptors (Lipinski definition) is 4. The highest BCUT2D eigenvalue weighted by molar-refractivity contribution is 5.93. The minimum Gasteiger partial charge on any atom is -0.486 e. The zero-order valence-corrected chi connectivity index (χ0v) is 10.9. The summed E-state index contributed by atoms with van der Waals surface area (Å²) in [4.78, 5) is 11.4. The van der Waals surface area contributed by atoms with Crippen LogP contribution in [-0.2, 0) is 9.53 Å². The van der Waals surface area contributed by atoms with Crippen molar-refractivity contribution in [1.29, 1.82) is 5.26 Å². The van der Waals surface area contributed by atoms with Crippen LogP contribution >= 0.6 is 0 Å². The van der Waals surface area contributed by atoms with E-state index in [0.717, 1.165) is 12.8 Å². The van der Waals surface area contributed by atoms with Gasteiger partial charge in [0.2, 0.25) is 5.91 Å². The first-order valence-electron chi connectivity index (χ1n) is 6.40. The molecule has 106 valence electrons. The number of nitrogens with one attached hydrogen (secondary N) is 1. The van der Waals surface area contributed by atoms with Gasteiger partial charge in [0.25, 0.3) is 0 Å². The summed E-state index contributed by atoms with van der Waals surface area (Å²) >= 11 is 0. The molecule has 20 heavy (non-hydrogen) atoms. The molecule has 2 rings (SSSR count). The number of hydrogen-bond donors (Lipinski definition) is 1. The molecule has 1 atom stereocenters. The fraction of sp³-hybridized carbons (Fsp3) is 0.429. The quantitative estimate of drug-likeness (QED) is 0.896. The van der Waals surface area contributed by atoms with Crippen molar-refractivity contribution in [3.05, 3.63) is 24.0 Å². The zero-order valence-electron chi connectivity index (χ0n) is 10.9. The van der Waals surface area contributed by atoms with E-state index >= 15 is 0 Å². The molecular formula is C14H15FN2O3. The molecule has 1 fully saturated rings. The molecule has 5 nitrogen and oxygen atoms in total. The maximum absolute atomic E-state index is 13.8. The Morgan fingerprint density at radius 2 is 2.45 bits per heavy atom. The number of amides is 1. The normalized spacial score (nSPS) is 17.5. The van der Waals surface area contributed by atoms with Crippen molar-refractivity contribution in [3.8, 4) is 11.8 Å². The van der Waals surface area contributed by atoms with Crippen molar-refractivity contribution in [2.75, 3.05) is 18.5 Å². The molecule has 1 unspecified atom stereocenters. The molecule has 1 amide bonds. The molecule has 1 saturated heterocycles. The molecule has 0 radical (unpaired) electrons. The van der Waals surface area contributed by atoms with E-state index in [4.69, 9.17) is 14.7 Å². The Labute approximate surface area is 116 Å². The Balaban J connectivity index is 2.05. The number of halogens is 1. The van der Waals surface area contributed by atoms with E-state index in [0.29, 0.717) is 6.61 Å². The van der Waals surface area contributed by atoms with E-state index in [1.54, 1.807) is 6.07 Å². The molecular weight excluding hydrogens is 263 g/mol. The molecule has 1 aliphatic heterocycles. The van der Waals surface area contributed by atoms with Crippen molar-refractivity contribution < 1.29 is 18.7 Å². The molecule has 0 aliphatic carbocycles. The maximum atomic E-state index is 13.8. The van der Waals surface area contributed by atoms with E-state index < -0.39 is 11.7 Å². The summed E-state index contributed by atoms with van der Waals surface area (Å²) in [6.07, 6.45) is 1.51. The first-order valence-corrected chi connectivity index (χ1v) is 6.40. The molecule has 0 bridgehead atoms. The topological polar surface area (TPSA) is 71.4 Å². The smallest absolute Gasteiger partial charge is 0.238 e. The summed E-state index contributed by atoms with van der Waals surface area (Å²) in [5, 5.41) is 10.9. The lowest BCUT2D eigenvalue weighted by molar-refractivity contribution is -0.115. The largest absolute Gasteiger partial charge is 0.486 e. The number of rotatable bonds is 5. The van der Waals surface area contributed by atoms with Gasteiger partial charge >= 0.3 is 0 Å². The van der Waals surface area contributed by atoms with Gasteiger partial charge in [-0.3, -0.25) is 4.79 Å². The van der Waals surface area contributed by atoms with Crippen LogP contribution in [0.25, 0.3) is 0 Å². The van der Waals surface area contributed by atoms with Crippen molar-refractivity contribution in [3.63, 3.8) is 0 Å². The Morgan fingerprint density at radius 3 is 3.15 bits per heavy atom. The van der Waals surface area contributed by atoms with Crippen molar-refractivity contribution in [2.45, 2.75) is 25.4 Å². The summed E-state index contributed by atoms with van der Waals surface area (Å²) < 4.78 is 24.6. The second-order valence-corrected chi connectivity index (χ2v) is 4.45. The van der Waals surface area contributed by atoms with Crippen molar-refractivity contribution >= 4 is 11.6 Å². The van der Waals surface area contributed by atoms with Gasteiger partial charge < -0.3 is 14.8 Å². The van der Waals surface area contributed by atoms with Gasteiger partial charge in [-0.2, -0.15) is 5.26 Å². The van der Waals surface area contributed by atoms with Crippen LogP contribution in [-0.4, -0.2) is 25.2 Å². The molecule has 1 aromatic carbocycles. The lowest BCUT2D eigenvalue weighted by atomic mass is 10.2. The molecule has 0 saturated carbocycles. The number of carbonyl (C=O) groups is 1. The highest BCUT2D eigenvalue weighted by Crippen LogP contribution is 2.28. The van der Waals surface area contributed by atoms with E-state index in [9.17, 15) is 9.18 Å². The molecule has 1 heterocycles. The zero-order chi connectivity index (χ0) is 14.4. The van der Waals surface area contributed by atoms with Gasteiger partial charge in [0.1, 0.15) is 13.0 Å². The van der Waals surface area contributed by atoms with Gasteiger partial charge in [-0.05, 0) is 25.0 Å². The van der Waals surface area contributed by atoms with Gasteiger partial charge in [0.05, 0.1) is 17.9 Å². The van der Waals surface area contributed by atoms with Crippen LogP contribution < -0.4 is 10.1 Å². The van der Waals surface area contributed by atoms with E-state index in [2.05, 4.69) is 5.32 Å². The van der Waals surface area contributed by atoms with Crippen LogP contribution in [0.5, 0.6) is 5.75 Å². The lowest BCUT2D eigenvalue weighted by Crippen LogP contribution is -2.18. The number of nitriles is 1. The van der Waals surface area contributed by atoms with Gasteiger partial charge in [-0.1, -0.05) is 6.07 Å². The second kappa shape index (κ2) is 6.87. The van der Waals surface area contributed by atoms with Gasteiger partial charge in [-0.25, -0.2) is 4.39 Å². The number of benzene rings is 1. The third-order valence-electron chi connectivity index (χ3n) is 2.92. The maximum Gasteiger partial charge on any atom is 0.238 e. The fourth-order valence-electron chi connectivity index (χ4n) is 1.97. The Bertz CT molecular complexity index is 522. The summed E-state index contributed by atoms with van der Waals surface area (Å²) in [6, 6.07) is 5.99. The molecule has 1 aliphatic rings. The van der Waals surface area contributed by atoms with E-state index in [-0.39, 0.29) is 30.6 Å². The number of ether oxygens (including phenoxy) is 2. The third kappa shape index (κ3) is 3.68. The molecule has 0 spiro atoms. The summed E-state index contributed by atoms with van der Waals surface area (Å²) in [6.45, 7) is 0.930. The predicted octanol–water partition coefficient (Wildman–Crippen LogP) is 2.24. The Morgan fingerprint density at radius 1 is 1.60 bits per heavy atom. The van der Waals surface area contributed by atoms with Crippen molar-refractivity contribution in [1.82, 2.24) is 0 Å². The minimum absolute atomic E-state index is 0.0192. The number of carbonyl (C=O) groups excluding carboxylic acids is 1. The summed E-state index contributed by atoms with van der Waals surface area (Å²) in [5.74, 6) is -1.08. The van der Waals surface area contributed by atoms with E-state index in [1.165, 1.54) is 18.2 Å². The Hall–Kier alpha value is -2.13. The van der Waals surface area contributed by atoms with Crippen LogP contribution in [0.15, 0.2) is 18.2 Å². The van der Waals surface area contributed by atoms with Crippen LogP contribution in [0.2, 0.25) is 0 Å². The molecule has 0 aromatic heterocycles. The van der Waals surface area contributed by atoms with Gasteiger partial charge in [0.15, 0.2) is 11.6 Å². The average molecular weight is 278 g/mol. The third-order valence-corrected chi connectivity index (χ3v) is 2.92. The lowest BCUT2D eigenvalue weighted by Gasteiger charge is -2.15. The Kier molecular flexibility index (Phi) is 4.91.